The molecule has 0 atom stereocenters. The van der Waals surface area contributed by atoms with Gasteiger partial charge in [0.05, 0.1) is 10.5 Å². The van der Waals surface area contributed by atoms with E-state index in [0.717, 1.165) is 0 Å². The lowest BCUT2D eigenvalue weighted by Gasteiger charge is -2.03. The lowest BCUT2D eigenvalue weighted by atomic mass is 10.1. The first kappa shape index (κ1) is 13.7. The fourth-order valence-corrected chi connectivity index (χ4v) is 1.50. The van der Waals surface area contributed by atoms with Gasteiger partial charge in [0.2, 0.25) is 0 Å². The van der Waals surface area contributed by atoms with E-state index in [1.165, 1.54) is 12.1 Å². The minimum atomic E-state index is -0.411. The van der Waals surface area contributed by atoms with Crippen molar-refractivity contribution in [3.63, 3.8) is 0 Å². The van der Waals surface area contributed by atoms with Crippen LogP contribution in [0.2, 0.25) is 5.02 Å². The van der Waals surface area contributed by atoms with Crippen molar-refractivity contribution >= 4 is 23.4 Å². The Balaban J connectivity index is 2.81. The summed E-state index contributed by atoms with van der Waals surface area (Å²) in [4.78, 5) is 10.4. The molecule has 0 saturated carbocycles. The van der Waals surface area contributed by atoms with Crippen molar-refractivity contribution in [3.05, 3.63) is 45.0 Å². The largest absolute Gasteiger partial charge is 0.311 e. The smallest absolute Gasteiger partial charge is 0.276 e. The maximum atomic E-state index is 10.8. The molecule has 0 aromatic heterocycles. The SMILES string of the molecule is CC(C)NC/C=C/c1cc(Cl)ccc1[N+](=O)[O-]. The number of hydrogen-bond acceptors (Lipinski definition) is 3. The fourth-order valence-electron chi connectivity index (χ4n) is 1.31. The summed E-state index contributed by atoms with van der Waals surface area (Å²) < 4.78 is 0. The minimum Gasteiger partial charge on any atom is -0.311 e. The van der Waals surface area contributed by atoms with Crippen molar-refractivity contribution in [1.29, 1.82) is 0 Å². The molecule has 0 aliphatic carbocycles. The molecule has 1 rings (SSSR count). The number of nitro benzene ring substituents is 1. The summed E-state index contributed by atoms with van der Waals surface area (Å²) in [5.74, 6) is 0. The molecule has 0 heterocycles. The molecule has 0 fully saturated rings. The predicted octanol–water partition coefficient (Wildman–Crippen LogP) is 3.26. The highest BCUT2D eigenvalue weighted by molar-refractivity contribution is 6.30. The maximum absolute atomic E-state index is 10.8. The Kier molecular flexibility index (Phi) is 5.12. The maximum Gasteiger partial charge on any atom is 0.276 e. The molecular weight excluding hydrogens is 240 g/mol. The molecule has 4 nitrogen and oxygen atoms in total. The molecule has 1 aromatic rings. The third-order valence-electron chi connectivity index (χ3n) is 2.13. The van der Waals surface area contributed by atoms with E-state index in [1.807, 2.05) is 19.9 Å². The average Bonchev–Trinajstić information content (AvgIpc) is 2.23. The Morgan fingerprint density at radius 1 is 1.53 bits per heavy atom. The van der Waals surface area contributed by atoms with Crippen LogP contribution in [0, 0.1) is 10.1 Å². The second-order valence-corrected chi connectivity index (χ2v) is 4.36. The Bertz CT molecular complexity index is 431. The van der Waals surface area contributed by atoms with E-state index in [-0.39, 0.29) is 5.69 Å². The van der Waals surface area contributed by atoms with Crippen LogP contribution in [0.4, 0.5) is 5.69 Å². The number of benzene rings is 1. The number of nitrogens with zero attached hydrogens (tertiary/aromatic N) is 1. The number of nitrogens with one attached hydrogen (secondary N) is 1. The first-order valence-electron chi connectivity index (χ1n) is 5.34. The summed E-state index contributed by atoms with van der Waals surface area (Å²) >= 11 is 5.81. The first-order valence-corrected chi connectivity index (χ1v) is 5.72. The standard InChI is InChI=1S/C12H15ClN2O2/c1-9(2)14-7-3-4-10-8-11(13)5-6-12(10)15(16)17/h3-6,8-9,14H,7H2,1-2H3/b4-3+. The topological polar surface area (TPSA) is 55.2 Å². The number of rotatable bonds is 5. The molecule has 0 aliphatic rings. The van der Waals surface area contributed by atoms with Gasteiger partial charge < -0.3 is 5.32 Å². The molecule has 0 aliphatic heterocycles. The highest BCUT2D eigenvalue weighted by Gasteiger charge is 2.10. The molecule has 1 N–H and O–H groups in total. The van der Waals surface area contributed by atoms with Gasteiger partial charge in [-0.2, -0.15) is 0 Å². The van der Waals surface area contributed by atoms with E-state index in [4.69, 9.17) is 11.6 Å². The van der Waals surface area contributed by atoms with Crippen LogP contribution in [0.25, 0.3) is 6.08 Å². The molecule has 0 radical (unpaired) electrons. The molecule has 0 saturated heterocycles. The second kappa shape index (κ2) is 6.37. The molecule has 5 heteroatoms. The fraction of sp³-hybridized carbons (Fsp3) is 0.333. The van der Waals surface area contributed by atoms with E-state index in [0.29, 0.717) is 23.2 Å². The van der Waals surface area contributed by atoms with Gasteiger partial charge in [0.1, 0.15) is 0 Å². The zero-order chi connectivity index (χ0) is 12.8. The summed E-state index contributed by atoms with van der Waals surface area (Å²) in [6.07, 6.45) is 3.55. The third-order valence-corrected chi connectivity index (χ3v) is 2.36. The van der Waals surface area contributed by atoms with Crippen LogP contribution in [0.5, 0.6) is 0 Å². The molecule has 92 valence electrons. The van der Waals surface area contributed by atoms with Gasteiger partial charge in [0.25, 0.3) is 5.69 Å². The Morgan fingerprint density at radius 2 is 2.24 bits per heavy atom. The molecule has 0 unspecified atom stereocenters. The predicted molar refractivity (Wildman–Crippen MR) is 70.3 cm³/mol. The Hall–Kier alpha value is -1.39. The summed E-state index contributed by atoms with van der Waals surface area (Å²) in [5.41, 5.74) is 0.586. The van der Waals surface area contributed by atoms with Gasteiger partial charge in [-0.1, -0.05) is 37.6 Å². The van der Waals surface area contributed by atoms with Crippen molar-refractivity contribution in [1.82, 2.24) is 5.32 Å². The van der Waals surface area contributed by atoms with Gasteiger partial charge in [-0.05, 0) is 12.1 Å². The number of halogens is 1. The Morgan fingerprint density at radius 3 is 2.82 bits per heavy atom. The van der Waals surface area contributed by atoms with E-state index in [2.05, 4.69) is 5.32 Å². The lowest BCUT2D eigenvalue weighted by molar-refractivity contribution is -0.385. The van der Waals surface area contributed by atoms with Gasteiger partial charge in [0, 0.05) is 23.7 Å². The lowest BCUT2D eigenvalue weighted by Crippen LogP contribution is -2.22. The third kappa shape index (κ3) is 4.54. The average molecular weight is 255 g/mol. The zero-order valence-corrected chi connectivity index (χ0v) is 10.6. The molecule has 0 amide bonds. The quantitative estimate of drug-likeness (QED) is 0.648. The van der Waals surface area contributed by atoms with Gasteiger partial charge >= 0.3 is 0 Å². The van der Waals surface area contributed by atoms with Crippen molar-refractivity contribution in [2.45, 2.75) is 19.9 Å². The van der Waals surface area contributed by atoms with Crippen LogP contribution in [-0.2, 0) is 0 Å². The van der Waals surface area contributed by atoms with Crippen molar-refractivity contribution in [2.75, 3.05) is 6.54 Å². The van der Waals surface area contributed by atoms with Crippen molar-refractivity contribution < 1.29 is 4.92 Å². The van der Waals surface area contributed by atoms with Crippen LogP contribution in [0.15, 0.2) is 24.3 Å². The van der Waals surface area contributed by atoms with E-state index < -0.39 is 4.92 Å². The van der Waals surface area contributed by atoms with Gasteiger partial charge in [-0.15, -0.1) is 0 Å². The van der Waals surface area contributed by atoms with Gasteiger partial charge in [0.15, 0.2) is 0 Å². The number of hydrogen-bond donors (Lipinski definition) is 1. The second-order valence-electron chi connectivity index (χ2n) is 3.93. The van der Waals surface area contributed by atoms with Crippen molar-refractivity contribution in [3.8, 4) is 0 Å². The Labute approximate surface area is 105 Å². The number of nitro groups is 1. The highest BCUT2D eigenvalue weighted by Crippen LogP contribution is 2.23. The van der Waals surface area contributed by atoms with Gasteiger partial charge in [-0.3, -0.25) is 10.1 Å². The van der Waals surface area contributed by atoms with Crippen LogP contribution >= 0.6 is 11.6 Å². The molecule has 0 bridgehead atoms. The van der Waals surface area contributed by atoms with E-state index in [9.17, 15) is 10.1 Å². The molecule has 1 aromatic carbocycles. The molecule has 17 heavy (non-hydrogen) atoms. The van der Waals surface area contributed by atoms with E-state index >= 15 is 0 Å². The zero-order valence-electron chi connectivity index (χ0n) is 9.81. The summed E-state index contributed by atoms with van der Waals surface area (Å²) in [6, 6.07) is 4.90. The minimum absolute atomic E-state index is 0.0650. The first-order chi connectivity index (χ1) is 8.00. The van der Waals surface area contributed by atoms with Crippen molar-refractivity contribution in [2.24, 2.45) is 0 Å². The van der Waals surface area contributed by atoms with Crippen LogP contribution < -0.4 is 5.32 Å². The van der Waals surface area contributed by atoms with Crippen LogP contribution in [0.3, 0.4) is 0 Å². The summed E-state index contributed by atoms with van der Waals surface area (Å²) in [5, 5.41) is 14.5. The summed E-state index contributed by atoms with van der Waals surface area (Å²) in [6.45, 7) is 4.74. The normalized spacial score (nSPS) is 11.3. The van der Waals surface area contributed by atoms with Crippen LogP contribution in [-0.4, -0.2) is 17.5 Å². The highest BCUT2D eigenvalue weighted by atomic mass is 35.5. The molecule has 0 spiro atoms. The monoisotopic (exact) mass is 254 g/mol. The van der Waals surface area contributed by atoms with Crippen LogP contribution in [0.1, 0.15) is 19.4 Å². The molecular formula is C12H15ClN2O2. The van der Waals surface area contributed by atoms with E-state index in [1.54, 1.807) is 12.1 Å². The van der Waals surface area contributed by atoms with Gasteiger partial charge in [-0.25, -0.2) is 0 Å². The summed E-state index contributed by atoms with van der Waals surface area (Å²) in [7, 11) is 0.